The highest BCUT2D eigenvalue weighted by molar-refractivity contribution is 5.03. The van der Waals surface area contributed by atoms with Crippen LogP contribution in [-0.4, -0.2) is 22.4 Å². The molecule has 0 heterocycles. The summed E-state index contributed by atoms with van der Waals surface area (Å²) in [4.78, 5) is 0. The van der Waals surface area contributed by atoms with Gasteiger partial charge in [0.15, 0.2) is 0 Å². The van der Waals surface area contributed by atoms with Gasteiger partial charge in [0.25, 0.3) is 0 Å². The smallest absolute Gasteiger partial charge is 0.0626 e. The molecule has 66 valence electrons. The zero-order valence-corrected chi connectivity index (χ0v) is 7.54. The fraction of sp³-hybridized carbons (Fsp3) is 1.00. The van der Waals surface area contributed by atoms with Gasteiger partial charge in [-0.05, 0) is 31.6 Å². The predicted molar refractivity (Wildman–Crippen MR) is 44.1 cm³/mol. The third-order valence-electron chi connectivity index (χ3n) is 2.83. The van der Waals surface area contributed by atoms with Gasteiger partial charge in [-0.25, -0.2) is 0 Å². The Balaban J connectivity index is 2.51. The molecule has 0 amide bonds. The van der Waals surface area contributed by atoms with Crippen LogP contribution in [0.25, 0.3) is 0 Å². The van der Waals surface area contributed by atoms with E-state index in [4.69, 9.17) is 5.11 Å². The number of aliphatic hydroxyl groups excluding tert-OH is 1. The first-order chi connectivity index (χ1) is 5.02. The second-order valence-electron chi connectivity index (χ2n) is 4.10. The highest BCUT2D eigenvalue weighted by Gasteiger charge is 2.55. The van der Waals surface area contributed by atoms with Gasteiger partial charge in [0.05, 0.1) is 5.60 Å². The van der Waals surface area contributed by atoms with Crippen LogP contribution in [0.1, 0.15) is 27.2 Å². The minimum atomic E-state index is -0.603. The van der Waals surface area contributed by atoms with Gasteiger partial charge >= 0.3 is 0 Å². The number of aliphatic hydroxyl groups is 2. The van der Waals surface area contributed by atoms with Gasteiger partial charge in [0.2, 0.25) is 0 Å². The van der Waals surface area contributed by atoms with Crippen molar-refractivity contribution in [2.75, 3.05) is 6.61 Å². The van der Waals surface area contributed by atoms with Crippen LogP contribution in [-0.2, 0) is 0 Å². The molecule has 0 aromatic carbocycles. The molecule has 0 spiro atoms. The van der Waals surface area contributed by atoms with Gasteiger partial charge < -0.3 is 10.2 Å². The summed E-state index contributed by atoms with van der Waals surface area (Å²) in [7, 11) is 0. The number of hydrogen-bond donors (Lipinski definition) is 2. The van der Waals surface area contributed by atoms with Gasteiger partial charge in [-0.15, -0.1) is 0 Å². The summed E-state index contributed by atoms with van der Waals surface area (Å²) in [6.45, 7) is 6.00. The Morgan fingerprint density at radius 2 is 1.82 bits per heavy atom. The first-order valence-corrected chi connectivity index (χ1v) is 4.35. The van der Waals surface area contributed by atoms with Crippen LogP contribution < -0.4 is 0 Å². The summed E-state index contributed by atoms with van der Waals surface area (Å²) in [6, 6.07) is 0. The van der Waals surface area contributed by atoms with Crippen LogP contribution in [0.15, 0.2) is 0 Å². The summed E-state index contributed by atoms with van der Waals surface area (Å²) in [5.41, 5.74) is -0.603. The molecule has 2 nitrogen and oxygen atoms in total. The first kappa shape index (κ1) is 9.01. The quantitative estimate of drug-likeness (QED) is 0.644. The SMILES string of the molecule is CC[C@@H]1[C@H](CO)[C@@H]1C(C)(C)O. The Kier molecular flexibility index (Phi) is 2.26. The standard InChI is InChI=1S/C9H18O2/c1-4-6-7(5-10)8(6)9(2,3)11/h6-8,10-11H,4-5H2,1-3H3/t6-,7+,8-/m1/s1. The lowest BCUT2D eigenvalue weighted by Crippen LogP contribution is -2.23. The van der Waals surface area contributed by atoms with E-state index >= 15 is 0 Å². The lowest BCUT2D eigenvalue weighted by molar-refractivity contribution is 0.0430. The maximum Gasteiger partial charge on any atom is 0.0626 e. The molecular weight excluding hydrogens is 140 g/mol. The van der Waals surface area contributed by atoms with Crippen LogP contribution in [0, 0.1) is 17.8 Å². The highest BCUT2D eigenvalue weighted by Crippen LogP contribution is 2.53. The molecule has 2 heteroatoms. The predicted octanol–water partition coefficient (Wildman–Crippen LogP) is 1.02. The molecule has 0 aliphatic heterocycles. The molecule has 0 unspecified atom stereocenters. The summed E-state index contributed by atoms with van der Waals surface area (Å²) in [6.07, 6.45) is 1.07. The third-order valence-corrected chi connectivity index (χ3v) is 2.83. The summed E-state index contributed by atoms with van der Waals surface area (Å²) in [5, 5.41) is 18.6. The van der Waals surface area contributed by atoms with Crippen molar-refractivity contribution >= 4 is 0 Å². The van der Waals surface area contributed by atoms with Gasteiger partial charge in [-0.3, -0.25) is 0 Å². The number of rotatable bonds is 3. The second kappa shape index (κ2) is 2.76. The highest BCUT2D eigenvalue weighted by atomic mass is 16.3. The molecule has 1 rings (SSSR count). The van der Waals surface area contributed by atoms with E-state index in [-0.39, 0.29) is 6.61 Å². The Morgan fingerprint density at radius 1 is 1.27 bits per heavy atom. The molecule has 1 aliphatic rings. The lowest BCUT2D eigenvalue weighted by Gasteiger charge is -2.17. The van der Waals surface area contributed by atoms with Crippen LogP contribution in [0.3, 0.4) is 0 Å². The molecule has 1 fully saturated rings. The molecule has 1 aliphatic carbocycles. The number of hydrogen-bond acceptors (Lipinski definition) is 2. The van der Waals surface area contributed by atoms with E-state index in [0.717, 1.165) is 6.42 Å². The largest absolute Gasteiger partial charge is 0.396 e. The van der Waals surface area contributed by atoms with E-state index < -0.39 is 5.60 Å². The van der Waals surface area contributed by atoms with E-state index in [1.165, 1.54) is 0 Å². The monoisotopic (exact) mass is 158 g/mol. The molecule has 11 heavy (non-hydrogen) atoms. The molecule has 0 radical (unpaired) electrons. The molecule has 1 saturated carbocycles. The van der Waals surface area contributed by atoms with Crippen LogP contribution >= 0.6 is 0 Å². The van der Waals surface area contributed by atoms with Crippen molar-refractivity contribution in [1.29, 1.82) is 0 Å². The van der Waals surface area contributed by atoms with Crippen LogP contribution in [0.5, 0.6) is 0 Å². The zero-order chi connectivity index (χ0) is 8.65. The van der Waals surface area contributed by atoms with Gasteiger partial charge in [0.1, 0.15) is 0 Å². The Morgan fingerprint density at radius 3 is 1.91 bits per heavy atom. The minimum absolute atomic E-state index is 0.229. The van der Waals surface area contributed by atoms with Crippen molar-refractivity contribution < 1.29 is 10.2 Å². The van der Waals surface area contributed by atoms with Crippen molar-refractivity contribution in [2.45, 2.75) is 32.8 Å². The molecule has 3 atom stereocenters. The van der Waals surface area contributed by atoms with Gasteiger partial charge in [-0.2, -0.15) is 0 Å². The van der Waals surface area contributed by atoms with Gasteiger partial charge in [-0.1, -0.05) is 13.3 Å². The van der Waals surface area contributed by atoms with Crippen molar-refractivity contribution in [3.05, 3.63) is 0 Å². The van der Waals surface area contributed by atoms with Crippen molar-refractivity contribution in [1.82, 2.24) is 0 Å². The maximum atomic E-state index is 9.65. The molecule has 0 bridgehead atoms. The van der Waals surface area contributed by atoms with Crippen LogP contribution in [0.4, 0.5) is 0 Å². The average molecular weight is 158 g/mol. The van der Waals surface area contributed by atoms with E-state index in [1.807, 2.05) is 13.8 Å². The molecule has 0 aromatic rings. The van der Waals surface area contributed by atoms with E-state index in [0.29, 0.717) is 17.8 Å². The lowest BCUT2D eigenvalue weighted by atomic mass is 10.0. The Bertz CT molecular complexity index is 127. The second-order valence-corrected chi connectivity index (χ2v) is 4.10. The molecular formula is C9H18O2. The van der Waals surface area contributed by atoms with E-state index in [2.05, 4.69) is 6.92 Å². The summed E-state index contributed by atoms with van der Waals surface area (Å²) in [5.74, 6) is 1.21. The Labute approximate surface area is 68.2 Å². The fourth-order valence-corrected chi connectivity index (χ4v) is 2.30. The van der Waals surface area contributed by atoms with Crippen molar-refractivity contribution in [3.8, 4) is 0 Å². The van der Waals surface area contributed by atoms with Crippen molar-refractivity contribution in [3.63, 3.8) is 0 Å². The molecule has 0 saturated heterocycles. The molecule has 2 N–H and O–H groups in total. The Hall–Kier alpha value is -0.0800. The maximum absolute atomic E-state index is 9.65. The minimum Gasteiger partial charge on any atom is -0.396 e. The fourth-order valence-electron chi connectivity index (χ4n) is 2.30. The van der Waals surface area contributed by atoms with Crippen molar-refractivity contribution in [2.24, 2.45) is 17.8 Å². The van der Waals surface area contributed by atoms with Gasteiger partial charge in [0, 0.05) is 6.61 Å². The van der Waals surface area contributed by atoms with E-state index in [9.17, 15) is 5.11 Å². The zero-order valence-electron chi connectivity index (χ0n) is 7.54. The van der Waals surface area contributed by atoms with E-state index in [1.54, 1.807) is 0 Å². The summed E-state index contributed by atoms with van der Waals surface area (Å²) < 4.78 is 0. The third kappa shape index (κ3) is 1.57. The summed E-state index contributed by atoms with van der Waals surface area (Å²) >= 11 is 0. The first-order valence-electron chi connectivity index (χ1n) is 4.35. The van der Waals surface area contributed by atoms with Crippen LogP contribution in [0.2, 0.25) is 0 Å². The molecule has 0 aromatic heterocycles. The topological polar surface area (TPSA) is 40.5 Å². The average Bonchev–Trinajstić information content (AvgIpc) is 2.58. The normalized spacial score (nSPS) is 37.4.